The highest BCUT2D eigenvalue weighted by molar-refractivity contribution is 7.15. The fourth-order valence-electron chi connectivity index (χ4n) is 2.68. The number of ether oxygens (including phenoxy) is 2. The lowest BCUT2D eigenvalue weighted by Crippen LogP contribution is -2.37. The van der Waals surface area contributed by atoms with Crippen LogP contribution in [0, 0.1) is 12.7 Å². The van der Waals surface area contributed by atoms with Gasteiger partial charge in [0.15, 0.2) is 5.60 Å². The van der Waals surface area contributed by atoms with Crippen LogP contribution in [0.5, 0.6) is 11.5 Å². The third-order valence-electron chi connectivity index (χ3n) is 4.48. The van der Waals surface area contributed by atoms with E-state index in [1.54, 1.807) is 31.2 Å². The first-order valence-electron chi connectivity index (χ1n) is 9.35. The molecule has 170 valence electrons. The summed E-state index contributed by atoms with van der Waals surface area (Å²) < 4.78 is 63.4. The topological polar surface area (TPSA) is 68.7 Å². The Kier molecular flexibility index (Phi) is 6.45. The molecule has 0 unspecified atom stereocenters. The van der Waals surface area contributed by atoms with Gasteiger partial charge in [-0.25, -0.2) is 14.2 Å². The van der Waals surface area contributed by atoms with Gasteiger partial charge in [-0.1, -0.05) is 12.1 Å². The minimum Gasteiger partial charge on any atom is -0.488 e. The van der Waals surface area contributed by atoms with Crippen LogP contribution in [0.1, 0.15) is 30.0 Å². The van der Waals surface area contributed by atoms with Crippen molar-refractivity contribution in [3.63, 3.8) is 0 Å². The Balaban J connectivity index is 1.74. The van der Waals surface area contributed by atoms with Crippen molar-refractivity contribution in [2.75, 3.05) is 0 Å². The highest BCUT2D eigenvalue weighted by Crippen LogP contribution is 2.35. The normalized spacial score (nSPS) is 12.0. The molecule has 0 bridgehead atoms. The lowest BCUT2D eigenvalue weighted by atomic mass is 10.1. The first kappa shape index (κ1) is 23.5. The van der Waals surface area contributed by atoms with E-state index in [2.05, 4.69) is 4.98 Å². The maximum atomic E-state index is 13.9. The molecule has 0 spiro atoms. The third-order valence-corrected chi connectivity index (χ3v) is 5.66. The van der Waals surface area contributed by atoms with E-state index in [0.29, 0.717) is 33.1 Å². The molecule has 0 fully saturated rings. The first-order valence-corrected chi connectivity index (χ1v) is 10.2. The van der Waals surface area contributed by atoms with Crippen LogP contribution in [0.25, 0.3) is 10.6 Å². The number of aryl methyl sites for hydroxylation is 1. The maximum Gasteiger partial charge on any atom is 0.419 e. The number of aromatic nitrogens is 1. The zero-order valence-electron chi connectivity index (χ0n) is 17.3. The van der Waals surface area contributed by atoms with Crippen LogP contribution in [-0.4, -0.2) is 21.7 Å². The number of carboxylic acid groups (broad SMARTS) is 1. The van der Waals surface area contributed by atoms with Crippen LogP contribution in [0.3, 0.4) is 0 Å². The summed E-state index contributed by atoms with van der Waals surface area (Å²) in [4.78, 5) is 16.2. The number of carboxylic acids is 1. The van der Waals surface area contributed by atoms with E-state index in [-0.39, 0.29) is 12.2 Å². The summed E-state index contributed by atoms with van der Waals surface area (Å²) in [5.74, 6) is -1.73. The molecule has 0 atom stereocenters. The van der Waals surface area contributed by atoms with Crippen LogP contribution < -0.4 is 9.47 Å². The molecule has 0 radical (unpaired) electrons. The van der Waals surface area contributed by atoms with Gasteiger partial charge in [0.2, 0.25) is 0 Å². The molecule has 3 rings (SSSR count). The molecule has 0 aliphatic carbocycles. The van der Waals surface area contributed by atoms with E-state index in [1.807, 2.05) is 0 Å². The Hall–Kier alpha value is -3.14. The number of thiazole rings is 1. The Bertz CT molecular complexity index is 1140. The molecule has 1 heterocycles. The highest BCUT2D eigenvalue weighted by Gasteiger charge is 2.34. The van der Waals surface area contributed by atoms with Crippen molar-refractivity contribution in [1.29, 1.82) is 0 Å². The van der Waals surface area contributed by atoms with E-state index in [0.717, 1.165) is 6.07 Å². The largest absolute Gasteiger partial charge is 0.488 e. The Morgan fingerprint density at radius 1 is 1.12 bits per heavy atom. The van der Waals surface area contributed by atoms with Gasteiger partial charge in [0.1, 0.15) is 28.9 Å². The van der Waals surface area contributed by atoms with Crippen molar-refractivity contribution in [1.82, 2.24) is 4.98 Å². The van der Waals surface area contributed by atoms with Gasteiger partial charge >= 0.3 is 12.1 Å². The third kappa shape index (κ3) is 5.37. The summed E-state index contributed by atoms with van der Waals surface area (Å²) in [6.45, 7) is 4.68. The number of nitrogens with zero attached hydrogens (tertiary/aromatic N) is 1. The van der Waals surface area contributed by atoms with Gasteiger partial charge in [0.05, 0.1) is 16.1 Å². The molecule has 0 saturated carbocycles. The zero-order valence-corrected chi connectivity index (χ0v) is 18.1. The van der Waals surface area contributed by atoms with E-state index in [1.165, 1.54) is 31.3 Å². The van der Waals surface area contributed by atoms with Crippen LogP contribution in [0.15, 0.2) is 42.5 Å². The maximum absolute atomic E-state index is 13.9. The Morgan fingerprint density at radius 2 is 1.81 bits per heavy atom. The molecular formula is C22H19F4NO4S. The number of carbonyl (C=O) groups is 1. The summed E-state index contributed by atoms with van der Waals surface area (Å²) in [6.07, 6.45) is -4.77. The summed E-state index contributed by atoms with van der Waals surface area (Å²) in [5, 5.41) is 9.55. The predicted octanol–water partition coefficient (Wildman–Crippen LogP) is 6.10. The standard InChI is InChI=1S/C22H19F4NO4S/c1-12-18(11-30-14-5-4-6-15(10-14)31-21(2,3)20(28)29)32-19(27-12)13-7-8-16(17(23)9-13)22(24,25)26/h4-10H,11H2,1-3H3,(H,28,29). The lowest BCUT2D eigenvalue weighted by molar-refractivity contribution is -0.152. The van der Waals surface area contributed by atoms with Crippen LogP contribution in [0.4, 0.5) is 17.6 Å². The summed E-state index contributed by atoms with van der Waals surface area (Å²) in [7, 11) is 0. The molecule has 5 nitrogen and oxygen atoms in total. The van der Waals surface area contributed by atoms with Crippen LogP contribution in [0.2, 0.25) is 0 Å². The fraction of sp³-hybridized carbons (Fsp3) is 0.273. The molecule has 1 N–H and O–H groups in total. The van der Waals surface area contributed by atoms with Gasteiger partial charge in [0, 0.05) is 11.6 Å². The Morgan fingerprint density at radius 3 is 2.44 bits per heavy atom. The smallest absolute Gasteiger partial charge is 0.419 e. The molecule has 0 amide bonds. The number of benzene rings is 2. The summed E-state index contributed by atoms with van der Waals surface area (Å²) in [6, 6.07) is 9.17. The van der Waals surface area contributed by atoms with Gasteiger partial charge in [-0.15, -0.1) is 11.3 Å². The summed E-state index contributed by atoms with van der Waals surface area (Å²) >= 11 is 1.18. The number of rotatable bonds is 7. The molecular weight excluding hydrogens is 450 g/mol. The monoisotopic (exact) mass is 469 g/mol. The minimum absolute atomic E-state index is 0.110. The number of halogens is 4. The van der Waals surface area contributed by atoms with E-state index >= 15 is 0 Å². The summed E-state index contributed by atoms with van der Waals surface area (Å²) in [5.41, 5.74) is -1.91. The molecule has 0 saturated heterocycles. The molecule has 2 aromatic carbocycles. The van der Waals surface area contributed by atoms with Crippen molar-refractivity contribution in [2.45, 2.75) is 39.2 Å². The van der Waals surface area contributed by atoms with E-state index < -0.39 is 29.1 Å². The van der Waals surface area contributed by atoms with Gasteiger partial charge < -0.3 is 14.6 Å². The lowest BCUT2D eigenvalue weighted by Gasteiger charge is -2.21. The average Bonchev–Trinajstić information content (AvgIpc) is 3.06. The SMILES string of the molecule is Cc1nc(-c2ccc(C(F)(F)F)c(F)c2)sc1COc1cccc(OC(C)(C)C(=O)O)c1. The number of alkyl halides is 3. The zero-order chi connectivity index (χ0) is 23.7. The van der Waals surface area contributed by atoms with Crippen molar-refractivity contribution < 1.29 is 36.9 Å². The number of hydrogen-bond acceptors (Lipinski definition) is 5. The Labute approximate surface area is 185 Å². The molecule has 0 aliphatic heterocycles. The number of aliphatic carboxylic acids is 1. The van der Waals surface area contributed by atoms with Crippen molar-refractivity contribution in [3.05, 3.63) is 64.4 Å². The second-order valence-electron chi connectivity index (χ2n) is 7.40. The van der Waals surface area contributed by atoms with Gasteiger partial charge in [-0.2, -0.15) is 13.2 Å². The van der Waals surface area contributed by atoms with Gasteiger partial charge in [0.25, 0.3) is 0 Å². The highest BCUT2D eigenvalue weighted by atomic mass is 32.1. The van der Waals surface area contributed by atoms with Gasteiger partial charge in [-0.3, -0.25) is 0 Å². The molecule has 10 heteroatoms. The number of hydrogen-bond donors (Lipinski definition) is 1. The quantitative estimate of drug-likeness (QED) is 0.424. The van der Waals surface area contributed by atoms with E-state index in [9.17, 15) is 27.5 Å². The molecule has 32 heavy (non-hydrogen) atoms. The molecule has 3 aromatic rings. The van der Waals surface area contributed by atoms with Crippen molar-refractivity contribution in [2.24, 2.45) is 0 Å². The fourth-order valence-corrected chi connectivity index (χ4v) is 3.65. The van der Waals surface area contributed by atoms with Crippen LogP contribution in [-0.2, 0) is 17.6 Å². The molecule has 1 aromatic heterocycles. The first-order chi connectivity index (χ1) is 14.9. The van der Waals surface area contributed by atoms with Crippen molar-refractivity contribution >= 4 is 17.3 Å². The second kappa shape index (κ2) is 8.78. The van der Waals surface area contributed by atoms with Crippen molar-refractivity contribution in [3.8, 4) is 22.1 Å². The second-order valence-corrected chi connectivity index (χ2v) is 8.48. The minimum atomic E-state index is -4.77. The van der Waals surface area contributed by atoms with E-state index in [4.69, 9.17) is 9.47 Å². The molecule has 0 aliphatic rings. The average molecular weight is 469 g/mol. The van der Waals surface area contributed by atoms with Crippen LogP contribution >= 0.6 is 11.3 Å². The predicted molar refractivity (Wildman–Crippen MR) is 110 cm³/mol. The van der Waals surface area contributed by atoms with Gasteiger partial charge in [-0.05, 0) is 45.0 Å².